The lowest BCUT2D eigenvalue weighted by molar-refractivity contribution is -0.138. The number of benzene rings is 2. The van der Waals surface area contributed by atoms with Crippen LogP contribution in [-0.2, 0) is 27.5 Å². The lowest BCUT2D eigenvalue weighted by Crippen LogP contribution is -2.43. The summed E-state index contributed by atoms with van der Waals surface area (Å²) in [6.07, 6.45) is -0.871. The SMILES string of the molecule is O=C(N[C@@H](CSC(=O)OCc1ccccc1)C(=O)O)OCc1ccccc1. The number of amides is 1. The predicted molar refractivity (Wildman–Crippen MR) is 100 cm³/mol. The summed E-state index contributed by atoms with van der Waals surface area (Å²) in [5.74, 6) is -1.45. The Kier molecular flexibility index (Phi) is 8.18. The molecule has 1 atom stereocenters. The second-order valence-electron chi connectivity index (χ2n) is 5.43. The number of carboxylic acids is 1. The van der Waals surface area contributed by atoms with E-state index in [4.69, 9.17) is 9.47 Å². The van der Waals surface area contributed by atoms with E-state index in [0.717, 1.165) is 11.1 Å². The predicted octanol–water partition coefficient (Wildman–Crippen LogP) is 3.44. The maximum Gasteiger partial charge on any atom is 0.408 e. The zero-order chi connectivity index (χ0) is 19.5. The van der Waals surface area contributed by atoms with Crippen molar-refractivity contribution in [3.8, 4) is 0 Å². The van der Waals surface area contributed by atoms with Crippen LogP contribution in [0, 0.1) is 0 Å². The van der Waals surface area contributed by atoms with E-state index in [-0.39, 0.29) is 19.0 Å². The number of hydrogen-bond donors (Lipinski definition) is 2. The standard InChI is InChI=1S/C19H19NO6S/c21-17(22)16(20-18(23)25-11-14-7-3-1-4-8-14)13-27-19(24)26-12-15-9-5-2-6-10-15/h1-10,16H,11-13H2,(H,20,23)(H,21,22)/t16-/m0/s1. The molecule has 0 aliphatic carbocycles. The normalized spacial score (nSPS) is 11.3. The minimum atomic E-state index is -1.28. The summed E-state index contributed by atoms with van der Waals surface area (Å²) in [5.41, 5.74) is 1.60. The van der Waals surface area contributed by atoms with E-state index in [0.29, 0.717) is 11.8 Å². The number of carbonyl (C=O) groups excluding carboxylic acids is 2. The Morgan fingerprint density at radius 3 is 1.93 bits per heavy atom. The van der Waals surface area contributed by atoms with Crippen LogP contribution in [0.25, 0.3) is 0 Å². The van der Waals surface area contributed by atoms with E-state index in [9.17, 15) is 19.5 Å². The number of hydrogen-bond acceptors (Lipinski definition) is 6. The fraction of sp³-hybridized carbons (Fsp3) is 0.211. The summed E-state index contributed by atoms with van der Waals surface area (Å²) in [6, 6.07) is 16.8. The molecule has 2 rings (SSSR count). The molecule has 0 radical (unpaired) electrons. The van der Waals surface area contributed by atoms with Gasteiger partial charge in [0.25, 0.3) is 0 Å². The van der Waals surface area contributed by atoms with Crippen molar-refractivity contribution in [2.24, 2.45) is 0 Å². The van der Waals surface area contributed by atoms with Gasteiger partial charge >= 0.3 is 17.4 Å². The van der Waals surface area contributed by atoms with E-state index in [1.54, 1.807) is 24.3 Å². The fourth-order valence-corrected chi connectivity index (χ4v) is 2.66. The fourth-order valence-electron chi connectivity index (χ4n) is 1.99. The summed E-state index contributed by atoms with van der Waals surface area (Å²) in [4.78, 5) is 34.8. The van der Waals surface area contributed by atoms with Crippen molar-refractivity contribution in [2.75, 3.05) is 5.75 Å². The largest absolute Gasteiger partial charge is 0.480 e. The van der Waals surface area contributed by atoms with Gasteiger partial charge in [0, 0.05) is 5.75 Å². The zero-order valence-corrected chi connectivity index (χ0v) is 15.2. The number of rotatable bonds is 8. The quantitative estimate of drug-likeness (QED) is 0.667. The van der Waals surface area contributed by atoms with Crippen molar-refractivity contribution in [3.05, 3.63) is 71.8 Å². The van der Waals surface area contributed by atoms with Gasteiger partial charge in [-0.15, -0.1) is 0 Å². The van der Waals surface area contributed by atoms with Gasteiger partial charge in [0.2, 0.25) is 0 Å². The first kappa shape index (κ1) is 20.3. The van der Waals surface area contributed by atoms with Crippen molar-refractivity contribution < 1.29 is 29.0 Å². The van der Waals surface area contributed by atoms with Gasteiger partial charge < -0.3 is 19.9 Å². The Labute approximate surface area is 160 Å². The lowest BCUT2D eigenvalue weighted by Gasteiger charge is -2.14. The van der Waals surface area contributed by atoms with Crippen molar-refractivity contribution in [1.82, 2.24) is 5.32 Å². The third-order valence-corrected chi connectivity index (χ3v) is 4.22. The highest BCUT2D eigenvalue weighted by Crippen LogP contribution is 2.11. The van der Waals surface area contributed by atoms with Crippen molar-refractivity contribution in [1.29, 1.82) is 0 Å². The average Bonchev–Trinajstić information content (AvgIpc) is 2.69. The van der Waals surface area contributed by atoms with Crippen molar-refractivity contribution in [3.63, 3.8) is 0 Å². The second-order valence-corrected chi connectivity index (χ2v) is 6.39. The molecule has 0 saturated heterocycles. The molecule has 2 N–H and O–H groups in total. The van der Waals surface area contributed by atoms with Gasteiger partial charge in [0.15, 0.2) is 0 Å². The van der Waals surface area contributed by atoms with E-state index in [2.05, 4.69) is 5.32 Å². The molecule has 0 unspecified atom stereocenters. The summed E-state index contributed by atoms with van der Waals surface area (Å²) in [7, 11) is 0. The molecule has 27 heavy (non-hydrogen) atoms. The van der Waals surface area contributed by atoms with Gasteiger partial charge in [-0.1, -0.05) is 60.7 Å². The number of carbonyl (C=O) groups is 3. The van der Waals surface area contributed by atoms with E-state index >= 15 is 0 Å². The van der Waals surface area contributed by atoms with Gasteiger partial charge in [-0.2, -0.15) is 0 Å². The van der Waals surface area contributed by atoms with Gasteiger partial charge in [0.05, 0.1) is 0 Å². The molecular weight excluding hydrogens is 370 g/mol. The first-order valence-electron chi connectivity index (χ1n) is 8.08. The summed E-state index contributed by atoms with van der Waals surface area (Å²) in [5, 5.41) is 10.8. The third kappa shape index (κ3) is 7.83. The second kappa shape index (κ2) is 10.9. The monoisotopic (exact) mass is 389 g/mol. The van der Waals surface area contributed by atoms with Gasteiger partial charge in [0.1, 0.15) is 19.3 Å². The van der Waals surface area contributed by atoms with Gasteiger partial charge in [-0.25, -0.2) is 14.4 Å². The first-order valence-corrected chi connectivity index (χ1v) is 9.06. The summed E-state index contributed by atoms with van der Waals surface area (Å²) >= 11 is 0.676. The molecule has 0 heterocycles. The highest BCUT2D eigenvalue weighted by Gasteiger charge is 2.22. The molecule has 0 spiro atoms. The average molecular weight is 389 g/mol. The molecular formula is C19H19NO6S. The van der Waals surface area contributed by atoms with Gasteiger partial charge in [-0.05, 0) is 22.9 Å². The van der Waals surface area contributed by atoms with Crippen LogP contribution >= 0.6 is 11.8 Å². The number of thioether (sulfide) groups is 1. The Bertz CT molecular complexity index is 753. The van der Waals surface area contributed by atoms with E-state index in [1.165, 1.54) is 0 Å². The van der Waals surface area contributed by atoms with Crippen LogP contribution in [0.4, 0.5) is 9.59 Å². The van der Waals surface area contributed by atoms with Crippen molar-refractivity contribution in [2.45, 2.75) is 19.3 Å². The Balaban J connectivity index is 1.73. The number of nitrogens with one attached hydrogen (secondary N) is 1. The number of ether oxygens (including phenoxy) is 2. The maximum atomic E-state index is 11.8. The molecule has 1 amide bonds. The zero-order valence-electron chi connectivity index (χ0n) is 14.4. The molecule has 0 saturated carbocycles. The van der Waals surface area contributed by atoms with Crippen molar-refractivity contribution >= 4 is 29.1 Å². The Morgan fingerprint density at radius 1 is 0.889 bits per heavy atom. The highest BCUT2D eigenvalue weighted by molar-refractivity contribution is 8.13. The molecule has 8 heteroatoms. The van der Waals surface area contributed by atoms with Crippen LogP contribution in [0.3, 0.4) is 0 Å². The van der Waals surface area contributed by atoms with Gasteiger partial charge in [-0.3, -0.25) is 0 Å². The van der Waals surface area contributed by atoms with Crippen LogP contribution in [0.5, 0.6) is 0 Å². The molecule has 7 nitrogen and oxygen atoms in total. The van der Waals surface area contributed by atoms with E-state index in [1.807, 2.05) is 36.4 Å². The maximum absolute atomic E-state index is 11.8. The van der Waals surface area contributed by atoms with Crippen LogP contribution < -0.4 is 5.32 Å². The Hall–Kier alpha value is -3.00. The molecule has 0 aromatic heterocycles. The summed E-state index contributed by atoms with van der Waals surface area (Å²) in [6.45, 7) is 0.113. The highest BCUT2D eigenvalue weighted by atomic mass is 32.2. The molecule has 0 fully saturated rings. The molecule has 0 bridgehead atoms. The minimum absolute atomic E-state index is 0.0191. The minimum Gasteiger partial charge on any atom is -0.480 e. The molecule has 0 aliphatic rings. The third-order valence-electron chi connectivity index (χ3n) is 3.37. The van der Waals surface area contributed by atoms with Crippen LogP contribution in [0.2, 0.25) is 0 Å². The topological polar surface area (TPSA) is 102 Å². The van der Waals surface area contributed by atoms with Crippen LogP contribution in [-0.4, -0.2) is 34.3 Å². The van der Waals surface area contributed by atoms with Crippen LogP contribution in [0.15, 0.2) is 60.7 Å². The van der Waals surface area contributed by atoms with E-state index < -0.39 is 23.4 Å². The number of aliphatic carboxylic acids is 1. The smallest absolute Gasteiger partial charge is 0.408 e. The number of alkyl carbamates (subject to hydrolysis) is 1. The molecule has 2 aromatic rings. The first-order chi connectivity index (χ1) is 13.0. The lowest BCUT2D eigenvalue weighted by atomic mass is 10.2. The molecule has 0 aliphatic heterocycles. The molecule has 2 aromatic carbocycles. The number of carboxylic acid groups (broad SMARTS) is 1. The summed E-state index contributed by atoms with van der Waals surface area (Å²) < 4.78 is 10.0. The Morgan fingerprint density at radius 2 is 1.41 bits per heavy atom. The molecule has 142 valence electrons. The van der Waals surface area contributed by atoms with Crippen LogP contribution in [0.1, 0.15) is 11.1 Å².